The fourth-order valence-corrected chi connectivity index (χ4v) is 4.16. The van der Waals surface area contributed by atoms with Crippen molar-refractivity contribution in [1.82, 2.24) is 4.98 Å². The number of benzene rings is 2. The monoisotopic (exact) mass is 426 g/mol. The predicted octanol–water partition coefficient (Wildman–Crippen LogP) is 4.95. The average Bonchev–Trinajstić information content (AvgIpc) is 3.17. The summed E-state index contributed by atoms with van der Waals surface area (Å²) in [5, 5.41) is 3.11. The van der Waals surface area contributed by atoms with Crippen molar-refractivity contribution >= 4 is 40.7 Å². The largest absolute Gasteiger partial charge is 0.449 e. The van der Waals surface area contributed by atoms with Gasteiger partial charge in [0.15, 0.2) is 6.10 Å². The summed E-state index contributed by atoms with van der Waals surface area (Å²) < 4.78 is 5.37. The highest BCUT2D eigenvalue weighted by Crippen LogP contribution is 2.24. The van der Waals surface area contributed by atoms with E-state index in [1.807, 2.05) is 49.4 Å². The Balaban J connectivity index is 1.55. The maximum Gasteiger partial charge on any atom is 0.338 e. The predicted molar refractivity (Wildman–Crippen MR) is 118 cm³/mol. The topological polar surface area (TPSA) is 59.5 Å². The van der Waals surface area contributed by atoms with E-state index in [1.54, 1.807) is 49.2 Å². The second-order valence-corrected chi connectivity index (χ2v) is 8.56. The van der Waals surface area contributed by atoms with Crippen molar-refractivity contribution in [3.63, 3.8) is 0 Å². The Morgan fingerprint density at radius 2 is 1.83 bits per heavy atom. The summed E-state index contributed by atoms with van der Waals surface area (Å²) in [5.74, 6) is -0.0137. The molecule has 150 valence electrons. The smallest absolute Gasteiger partial charge is 0.338 e. The highest BCUT2D eigenvalue weighted by molar-refractivity contribution is 7.98. The number of thioether (sulfide) groups is 1. The van der Waals surface area contributed by atoms with Crippen molar-refractivity contribution in [3.8, 4) is 0 Å². The van der Waals surface area contributed by atoms with Crippen LogP contribution in [0.5, 0.6) is 0 Å². The number of carbonyl (C=O) groups excluding carboxylic acids is 2. The molecule has 5 nitrogen and oxygen atoms in total. The van der Waals surface area contributed by atoms with E-state index < -0.39 is 12.1 Å². The summed E-state index contributed by atoms with van der Waals surface area (Å²) in [6, 6.07) is 16.4. The van der Waals surface area contributed by atoms with Crippen molar-refractivity contribution < 1.29 is 14.3 Å². The van der Waals surface area contributed by atoms with E-state index in [4.69, 9.17) is 4.74 Å². The number of hydrogen-bond donors (Lipinski definition) is 0. The van der Waals surface area contributed by atoms with Gasteiger partial charge < -0.3 is 9.64 Å². The molecule has 0 radical (unpaired) electrons. The van der Waals surface area contributed by atoms with Gasteiger partial charge in [-0.1, -0.05) is 18.2 Å². The summed E-state index contributed by atoms with van der Waals surface area (Å²) in [4.78, 5) is 31.9. The number of aromatic nitrogens is 1. The van der Waals surface area contributed by atoms with Crippen LogP contribution >= 0.6 is 23.1 Å². The fourth-order valence-electron chi connectivity index (χ4n) is 2.65. The molecule has 29 heavy (non-hydrogen) atoms. The number of esters is 1. The van der Waals surface area contributed by atoms with E-state index in [0.29, 0.717) is 5.56 Å². The molecule has 2 aromatic carbocycles. The van der Waals surface area contributed by atoms with Gasteiger partial charge in [0.1, 0.15) is 0 Å². The summed E-state index contributed by atoms with van der Waals surface area (Å²) in [6.45, 7) is 3.57. The van der Waals surface area contributed by atoms with Crippen LogP contribution in [0.25, 0.3) is 0 Å². The molecule has 1 atom stereocenters. The SMILES string of the molecule is Cc1nc(CSc2ccc(C(=O)OC(C)C(=O)N(C)c3ccccc3)cc2)cs1. The summed E-state index contributed by atoms with van der Waals surface area (Å²) >= 11 is 3.30. The summed E-state index contributed by atoms with van der Waals surface area (Å²) in [7, 11) is 1.66. The third-order valence-corrected chi connectivity index (χ3v) is 6.12. The zero-order valence-corrected chi connectivity index (χ0v) is 18.1. The number of para-hydroxylation sites is 1. The summed E-state index contributed by atoms with van der Waals surface area (Å²) in [6.07, 6.45) is -0.880. The van der Waals surface area contributed by atoms with Crippen LogP contribution in [-0.2, 0) is 15.3 Å². The Morgan fingerprint density at radius 3 is 2.45 bits per heavy atom. The lowest BCUT2D eigenvalue weighted by molar-refractivity contribution is -0.126. The van der Waals surface area contributed by atoms with E-state index in [1.165, 1.54) is 4.90 Å². The van der Waals surface area contributed by atoms with E-state index in [0.717, 1.165) is 27.0 Å². The molecule has 1 unspecified atom stereocenters. The molecule has 0 bridgehead atoms. The van der Waals surface area contributed by atoms with Gasteiger partial charge in [-0.2, -0.15) is 0 Å². The van der Waals surface area contributed by atoms with Gasteiger partial charge in [-0.3, -0.25) is 4.79 Å². The Kier molecular flexibility index (Phi) is 7.06. The molecule has 0 saturated carbocycles. The van der Waals surface area contributed by atoms with Crippen LogP contribution in [-0.4, -0.2) is 30.0 Å². The van der Waals surface area contributed by atoms with Crippen molar-refractivity contribution in [2.24, 2.45) is 0 Å². The Hall–Kier alpha value is -2.64. The number of nitrogens with zero attached hydrogens (tertiary/aromatic N) is 2. The molecular formula is C22H22N2O3S2. The van der Waals surface area contributed by atoms with Crippen LogP contribution in [0.4, 0.5) is 5.69 Å². The van der Waals surface area contributed by atoms with Crippen LogP contribution in [0.1, 0.15) is 28.0 Å². The van der Waals surface area contributed by atoms with Crippen molar-refractivity contribution in [3.05, 3.63) is 76.2 Å². The molecule has 0 aliphatic carbocycles. The zero-order valence-electron chi connectivity index (χ0n) is 16.5. The number of amides is 1. The van der Waals surface area contributed by atoms with Gasteiger partial charge in [0.25, 0.3) is 5.91 Å². The number of thiazole rings is 1. The van der Waals surface area contributed by atoms with Gasteiger partial charge in [-0.15, -0.1) is 23.1 Å². The Morgan fingerprint density at radius 1 is 1.14 bits per heavy atom. The van der Waals surface area contributed by atoms with Gasteiger partial charge in [0.2, 0.25) is 0 Å². The molecule has 1 amide bonds. The third kappa shape index (κ3) is 5.68. The molecule has 3 rings (SSSR count). The first kappa shape index (κ1) is 21.1. The molecule has 0 spiro atoms. The highest BCUT2D eigenvalue weighted by Gasteiger charge is 2.23. The standard InChI is InChI=1S/C22H22N2O3S2/c1-15(21(25)24(3)19-7-5-4-6-8-19)27-22(26)17-9-11-20(12-10-17)29-14-18-13-28-16(2)23-18/h4-13,15H,14H2,1-3H3. The van der Waals surface area contributed by atoms with Gasteiger partial charge in [-0.05, 0) is 50.2 Å². The minimum atomic E-state index is -0.880. The van der Waals surface area contributed by atoms with Crippen LogP contribution < -0.4 is 4.90 Å². The van der Waals surface area contributed by atoms with Crippen LogP contribution in [0.3, 0.4) is 0 Å². The van der Waals surface area contributed by atoms with Crippen molar-refractivity contribution in [1.29, 1.82) is 0 Å². The van der Waals surface area contributed by atoms with Crippen LogP contribution in [0, 0.1) is 6.92 Å². The molecule has 7 heteroatoms. The van der Waals surface area contributed by atoms with Crippen LogP contribution in [0.15, 0.2) is 64.9 Å². The number of hydrogen-bond acceptors (Lipinski definition) is 6. The average molecular weight is 427 g/mol. The van der Waals surface area contributed by atoms with E-state index in [-0.39, 0.29) is 5.91 Å². The highest BCUT2D eigenvalue weighted by atomic mass is 32.2. The molecule has 3 aromatic rings. The molecule has 0 aliphatic heterocycles. The molecule has 0 N–H and O–H groups in total. The zero-order chi connectivity index (χ0) is 20.8. The first-order valence-corrected chi connectivity index (χ1v) is 11.0. The maximum absolute atomic E-state index is 12.5. The lowest BCUT2D eigenvalue weighted by Crippen LogP contribution is -2.37. The minimum absolute atomic E-state index is 0.282. The van der Waals surface area contributed by atoms with Crippen molar-refractivity contribution in [2.45, 2.75) is 30.6 Å². The molecule has 1 aromatic heterocycles. The second-order valence-electron chi connectivity index (χ2n) is 6.45. The van der Waals surface area contributed by atoms with Crippen LogP contribution in [0.2, 0.25) is 0 Å². The number of aryl methyl sites for hydroxylation is 1. The van der Waals surface area contributed by atoms with Gasteiger partial charge in [0.05, 0.1) is 16.3 Å². The number of rotatable bonds is 7. The minimum Gasteiger partial charge on any atom is -0.449 e. The van der Waals surface area contributed by atoms with E-state index in [9.17, 15) is 9.59 Å². The number of carbonyl (C=O) groups is 2. The normalized spacial score (nSPS) is 11.7. The second kappa shape index (κ2) is 9.71. The first-order valence-electron chi connectivity index (χ1n) is 9.11. The van der Waals surface area contributed by atoms with Gasteiger partial charge >= 0.3 is 5.97 Å². The molecule has 0 saturated heterocycles. The lowest BCUT2D eigenvalue weighted by Gasteiger charge is -2.21. The molecule has 1 heterocycles. The van der Waals surface area contributed by atoms with Gasteiger partial charge in [-0.25, -0.2) is 9.78 Å². The quantitative estimate of drug-likeness (QED) is 0.395. The van der Waals surface area contributed by atoms with Crippen molar-refractivity contribution in [2.75, 3.05) is 11.9 Å². The number of likely N-dealkylation sites (N-methyl/N-ethyl adjacent to an activating group) is 1. The maximum atomic E-state index is 12.5. The first-order chi connectivity index (χ1) is 13.9. The lowest BCUT2D eigenvalue weighted by atomic mass is 10.2. The van der Waals surface area contributed by atoms with E-state index >= 15 is 0 Å². The molecular weight excluding hydrogens is 404 g/mol. The van der Waals surface area contributed by atoms with E-state index in [2.05, 4.69) is 10.4 Å². The Labute approximate surface area is 178 Å². The molecule has 0 fully saturated rings. The number of ether oxygens (including phenoxy) is 1. The Bertz CT molecular complexity index is 971. The summed E-state index contributed by atoms with van der Waals surface area (Å²) in [5.41, 5.74) is 2.22. The molecule has 0 aliphatic rings. The van der Waals surface area contributed by atoms with Gasteiger partial charge in [0, 0.05) is 28.8 Å². The number of anilines is 1. The third-order valence-electron chi connectivity index (χ3n) is 4.25. The fraction of sp³-hybridized carbons (Fsp3) is 0.227.